The van der Waals surface area contributed by atoms with E-state index in [0.29, 0.717) is 18.8 Å². The molecule has 1 saturated heterocycles. The standard InChI is InChI=1S/C18H25N5O2/c1-18(6-8-22(2)13-18)12-20-17(24)23(3)11-15-9-16(21-25-15)14-5-4-7-19-10-14/h4-5,7,9-10H,6,8,11-13H2,1-3H3,(H,20,24)/t18-/m0/s1. The minimum Gasteiger partial charge on any atom is -0.359 e. The van der Waals surface area contributed by atoms with Gasteiger partial charge in [0.05, 0.1) is 6.54 Å². The molecule has 25 heavy (non-hydrogen) atoms. The van der Waals surface area contributed by atoms with Crippen LogP contribution in [0.3, 0.4) is 0 Å². The van der Waals surface area contributed by atoms with Gasteiger partial charge in [-0.05, 0) is 37.6 Å². The molecule has 2 aromatic heterocycles. The van der Waals surface area contributed by atoms with Crippen LogP contribution in [0.2, 0.25) is 0 Å². The number of urea groups is 1. The van der Waals surface area contributed by atoms with Crippen LogP contribution in [0.4, 0.5) is 4.79 Å². The van der Waals surface area contributed by atoms with Gasteiger partial charge in [-0.15, -0.1) is 0 Å². The topological polar surface area (TPSA) is 74.5 Å². The molecule has 3 rings (SSSR count). The molecule has 2 aromatic rings. The van der Waals surface area contributed by atoms with Gasteiger partial charge in [0.2, 0.25) is 0 Å². The normalized spacial score (nSPS) is 20.6. The van der Waals surface area contributed by atoms with E-state index >= 15 is 0 Å². The molecule has 1 aliphatic rings. The van der Waals surface area contributed by atoms with E-state index < -0.39 is 0 Å². The first-order valence-electron chi connectivity index (χ1n) is 8.49. The Morgan fingerprint density at radius 2 is 2.36 bits per heavy atom. The maximum atomic E-state index is 12.3. The molecule has 1 aliphatic heterocycles. The van der Waals surface area contributed by atoms with Crippen molar-refractivity contribution in [2.24, 2.45) is 5.41 Å². The smallest absolute Gasteiger partial charge is 0.317 e. The summed E-state index contributed by atoms with van der Waals surface area (Å²) in [6.45, 7) is 5.35. The number of amides is 2. The van der Waals surface area contributed by atoms with Crippen molar-refractivity contribution in [2.45, 2.75) is 19.9 Å². The number of nitrogens with zero attached hydrogens (tertiary/aromatic N) is 4. The first kappa shape index (κ1) is 17.4. The van der Waals surface area contributed by atoms with Crippen LogP contribution in [0.5, 0.6) is 0 Å². The zero-order valence-corrected chi connectivity index (χ0v) is 15.0. The second-order valence-corrected chi connectivity index (χ2v) is 7.23. The van der Waals surface area contributed by atoms with E-state index in [1.54, 1.807) is 24.3 Å². The summed E-state index contributed by atoms with van der Waals surface area (Å²) in [5.74, 6) is 0.642. The average molecular weight is 343 g/mol. The van der Waals surface area contributed by atoms with Crippen molar-refractivity contribution in [3.63, 3.8) is 0 Å². The third-order valence-electron chi connectivity index (χ3n) is 4.67. The van der Waals surface area contributed by atoms with Gasteiger partial charge in [0.15, 0.2) is 5.76 Å². The van der Waals surface area contributed by atoms with Crippen LogP contribution in [0.1, 0.15) is 19.1 Å². The van der Waals surface area contributed by atoms with Crippen molar-refractivity contribution in [3.05, 3.63) is 36.4 Å². The number of carbonyl (C=O) groups is 1. The number of hydrogen-bond donors (Lipinski definition) is 1. The molecule has 0 aliphatic carbocycles. The summed E-state index contributed by atoms with van der Waals surface area (Å²) in [4.78, 5) is 20.3. The summed E-state index contributed by atoms with van der Waals surface area (Å²) in [5.41, 5.74) is 1.76. The molecule has 7 nitrogen and oxygen atoms in total. The molecule has 3 heterocycles. The third-order valence-corrected chi connectivity index (χ3v) is 4.67. The van der Waals surface area contributed by atoms with Crippen molar-refractivity contribution in [1.82, 2.24) is 25.3 Å². The van der Waals surface area contributed by atoms with Crippen LogP contribution in [0, 0.1) is 5.41 Å². The Hall–Kier alpha value is -2.41. The Labute approximate surface area is 148 Å². The minimum atomic E-state index is -0.102. The summed E-state index contributed by atoms with van der Waals surface area (Å²) >= 11 is 0. The SMILES string of the molecule is CN1CC[C@@](C)(CNC(=O)N(C)Cc2cc(-c3cccnc3)no2)C1. The molecule has 0 saturated carbocycles. The van der Waals surface area contributed by atoms with E-state index in [0.717, 1.165) is 30.8 Å². The molecule has 1 atom stereocenters. The second-order valence-electron chi connectivity index (χ2n) is 7.23. The first-order valence-corrected chi connectivity index (χ1v) is 8.49. The van der Waals surface area contributed by atoms with E-state index in [9.17, 15) is 4.79 Å². The van der Waals surface area contributed by atoms with Crippen LogP contribution in [0.25, 0.3) is 11.3 Å². The number of pyridine rings is 1. The fourth-order valence-corrected chi connectivity index (χ4v) is 3.18. The molecule has 134 valence electrons. The Morgan fingerprint density at radius 1 is 1.52 bits per heavy atom. The summed E-state index contributed by atoms with van der Waals surface area (Å²) in [6.07, 6.45) is 4.55. The van der Waals surface area contributed by atoms with Crippen molar-refractivity contribution in [3.8, 4) is 11.3 Å². The van der Waals surface area contributed by atoms with Crippen molar-refractivity contribution < 1.29 is 9.32 Å². The number of nitrogens with one attached hydrogen (secondary N) is 1. The van der Waals surface area contributed by atoms with Gasteiger partial charge in [0.1, 0.15) is 5.69 Å². The van der Waals surface area contributed by atoms with Crippen LogP contribution in [0.15, 0.2) is 35.1 Å². The highest BCUT2D eigenvalue weighted by molar-refractivity contribution is 5.73. The largest absolute Gasteiger partial charge is 0.359 e. The van der Waals surface area contributed by atoms with E-state index in [2.05, 4.69) is 34.3 Å². The Morgan fingerprint density at radius 3 is 3.04 bits per heavy atom. The maximum absolute atomic E-state index is 12.3. The van der Waals surface area contributed by atoms with Crippen LogP contribution in [-0.2, 0) is 6.54 Å². The highest BCUT2D eigenvalue weighted by Crippen LogP contribution is 2.27. The van der Waals surface area contributed by atoms with Gasteiger partial charge < -0.3 is 19.6 Å². The van der Waals surface area contributed by atoms with Gasteiger partial charge in [0.25, 0.3) is 0 Å². The van der Waals surface area contributed by atoms with Crippen molar-refractivity contribution in [2.75, 3.05) is 33.7 Å². The molecule has 2 amide bonds. The lowest BCUT2D eigenvalue weighted by molar-refractivity contribution is 0.193. The average Bonchev–Trinajstić information content (AvgIpc) is 3.20. The van der Waals surface area contributed by atoms with Gasteiger partial charge in [-0.3, -0.25) is 4.98 Å². The van der Waals surface area contributed by atoms with E-state index in [1.165, 1.54) is 0 Å². The van der Waals surface area contributed by atoms with Gasteiger partial charge in [-0.2, -0.15) is 0 Å². The second kappa shape index (κ2) is 7.23. The number of aromatic nitrogens is 2. The molecule has 7 heteroatoms. The zero-order valence-electron chi connectivity index (χ0n) is 15.0. The zero-order chi connectivity index (χ0) is 17.9. The molecule has 1 fully saturated rings. The van der Waals surface area contributed by atoms with Gasteiger partial charge >= 0.3 is 6.03 Å². The van der Waals surface area contributed by atoms with Crippen LogP contribution < -0.4 is 5.32 Å². The predicted octanol–water partition coefficient (Wildman–Crippen LogP) is 2.22. The van der Waals surface area contributed by atoms with Crippen LogP contribution in [-0.4, -0.2) is 59.7 Å². The molecular weight excluding hydrogens is 318 g/mol. The van der Waals surface area contributed by atoms with Crippen molar-refractivity contribution >= 4 is 6.03 Å². The Balaban J connectivity index is 1.53. The molecular formula is C18H25N5O2. The lowest BCUT2D eigenvalue weighted by atomic mass is 9.90. The monoisotopic (exact) mass is 343 g/mol. The quantitative estimate of drug-likeness (QED) is 0.901. The predicted molar refractivity (Wildman–Crippen MR) is 94.8 cm³/mol. The number of hydrogen-bond acceptors (Lipinski definition) is 5. The number of likely N-dealkylation sites (tertiary alicyclic amines) is 1. The van der Waals surface area contributed by atoms with E-state index in [-0.39, 0.29) is 11.4 Å². The summed E-state index contributed by atoms with van der Waals surface area (Å²) < 4.78 is 5.35. The molecule has 0 aromatic carbocycles. The van der Waals surface area contributed by atoms with Crippen LogP contribution >= 0.6 is 0 Å². The minimum absolute atomic E-state index is 0.102. The summed E-state index contributed by atoms with van der Waals surface area (Å²) in [7, 11) is 3.87. The molecule has 0 bridgehead atoms. The summed E-state index contributed by atoms with van der Waals surface area (Å²) in [6, 6.07) is 5.51. The molecule has 0 spiro atoms. The fraction of sp³-hybridized carbons (Fsp3) is 0.500. The molecule has 0 radical (unpaired) electrons. The van der Waals surface area contributed by atoms with Gasteiger partial charge in [0, 0.05) is 44.2 Å². The van der Waals surface area contributed by atoms with Crippen molar-refractivity contribution in [1.29, 1.82) is 0 Å². The van der Waals surface area contributed by atoms with Gasteiger partial charge in [-0.25, -0.2) is 4.79 Å². The fourth-order valence-electron chi connectivity index (χ4n) is 3.18. The maximum Gasteiger partial charge on any atom is 0.317 e. The van der Waals surface area contributed by atoms with Gasteiger partial charge in [-0.1, -0.05) is 12.1 Å². The molecule has 0 unspecified atom stereocenters. The molecule has 1 N–H and O–H groups in total. The summed E-state index contributed by atoms with van der Waals surface area (Å²) in [5, 5.41) is 7.08. The van der Waals surface area contributed by atoms with E-state index in [1.807, 2.05) is 18.2 Å². The highest BCUT2D eigenvalue weighted by atomic mass is 16.5. The van der Waals surface area contributed by atoms with E-state index in [4.69, 9.17) is 4.52 Å². The third kappa shape index (κ3) is 4.36. The number of carbonyl (C=O) groups excluding carboxylic acids is 1. The number of rotatable bonds is 5. The first-order chi connectivity index (χ1) is 12.0. The lowest BCUT2D eigenvalue weighted by Gasteiger charge is -2.25. The lowest BCUT2D eigenvalue weighted by Crippen LogP contribution is -2.43. The highest BCUT2D eigenvalue weighted by Gasteiger charge is 2.32. The Kier molecular flexibility index (Phi) is 5.03. The Bertz CT molecular complexity index is 717.